The zero-order chi connectivity index (χ0) is 12.3. The highest BCUT2D eigenvalue weighted by Gasteiger charge is 2.24. The monoisotopic (exact) mass is 242 g/mol. The molecule has 0 aliphatic heterocycles. The summed E-state index contributed by atoms with van der Waals surface area (Å²) >= 11 is 6.10. The van der Waals surface area contributed by atoms with Crippen LogP contribution in [0.1, 0.15) is 32.4 Å². The molecule has 1 heterocycles. The summed E-state index contributed by atoms with van der Waals surface area (Å²) in [5.74, 6) is 0.323. The molecule has 0 bridgehead atoms. The SMILES string of the molecule is CC(C)C(c1cc([N+](=O)[O-])ccn1)C(C)Cl. The second-order valence-corrected chi connectivity index (χ2v) is 4.83. The van der Waals surface area contributed by atoms with E-state index in [1.807, 2.05) is 20.8 Å². The van der Waals surface area contributed by atoms with Gasteiger partial charge in [-0.05, 0) is 12.8 Å². The van der Waals surface area contributed by atoms with Crippen molar-refractivity contribution in [2.75, 3.05) is 0 Å². The predicted molar refractivity (Wildman–Crippen MR) is 63.8 cm³/mol. The van der Waals surface area contributed by atoms with Crippen LogP contribution >= 0.6 is 11.6 Å². The normalized spacial score (nSPS) is 14.8. The Morgan fingerprint density at radius 2 is 2.06 bits per heavy atom. The summed E-state index contributed by atoms with van der Waals surface area (Å²) in [6, 6.07) is 2.89. The van der Waals surface area contributed by atoms with Gasteiger partial charge < -0.3 is 0 Å². The van der Waals surface area contributed by atoms with Crippen molar-refractivity contribution in [2.24, 2.45) is 5.92 Å². The lowest BCUT2D eigenvalue weighted by Crippen LogP contribution is -2.17. The van der Waals surface area contributed by atoms with Gasteiger partial charge in [0.05, 0.1) is 10.6 Å². The fraction of sp³-hybridized carbons (Fsp3) is 0.545. The fourth-order valence-corrected chi connectivity index (χ4v) is 2.26. The van der Waals surface area contributed by atoms with Crippen LogP contribution in [0, 0.1) is 16.0 Å². The van der Waals surface area contributed by atoms with Crippen LogP contribution in [-0.4, -0.2) is 15.3 Å². The van der Waals surface area contributed by atoms with Crippen LogP contribution in [0.2, 0.25) is 0 Å². The molecule has 5 heteroatoms. The smallest absolute Gasteiger partial charge is 0.260 e. The maximum Gasteiger partial charge on any atom is 0.272 e. The maximum absolute atomic E-state index is 10.7. The first kappa shape index (κ1) is 12.9. The Bertz CT molecular complexity index is 372. The van der Waals surface area contributed by atoms with Gasteiger partial charge in [-0.25, -0.2) is 0 Å². The first-order valence-corrected chi connectivity index (χ1v) is 5.61. The van der Waals surface area contributed by atoms with Crippen LogP contribution in [0.3, 0.4) is 0 Å². The fourth-order valence-electron chi connectivity index (χ4n) is 1.84. The number of pyridine rings is 1. The van der Waals surface area contributed by atoms with Gasteiger partial charge in [-0.1, -0.05) is 13.8 Å². The molecule has 0 saturated heterocycles. The first-order chi connectivity index (χ1) is 7.43. The summed E-state index contributed by atoms with van der Waals surface area (Å²) in [4.78, 5) is 14.4. The number of halogens is 1. The Hall–Kier alpha value is -1.16. The summed E-state index contributed by atoms with van der Waals surface area (Å²) in [5.41, 5.74) is 0.750. The third-order valence-corrected chi connectivity index (χ3v) is 2.80. The number of aromatic nitrogens is 1. The minimum absolute atomic E-state index is 0.0292. The molecule has 16 heavy (non-hydrogen) atoms. The van der Waals surface area contributed by atoms with Gasteiger partial charge in [0.25, 0.3) is 5.69 Å². The zero-order valence-electron chi connectivity index (χ0n) is 9.55. The van der Waals surface area contributed by atoms with E-state index in [-0.39, 0.29) is 17.0 Å². The van der Waals surface area contributed by atoms with Gasteiger partial charge in [-0.2, -0.15) is 0 Å². The van der Waals surface area contributed by atoms with Gasteiger partial charge in [0.15, 0.2) is 0 Å². The highest BCUT2D eigenvalue weighted by Crippen LogP contribution is 2.31. The minimum atomic E-state index is -0.415. The lowest BCUT2D eigenvalue weighted by atomic mass is 9.89. The molecule has 0 fully saturated rings. The van der Waals surface area contributed by atoms with E-state index in [4.69, 9.17) is 11.6 Å². The van der Waals surface area contributed by atoms with Gasteiger partial charge >= 0.3 is 0 Å². The van der Waals surface area contributed by atoms with Crippen molar-refractivity contribution in [2.45, 2.75) is 32.1 Å². The van der Waals surface area contributed by atoms with Crippen molar-refractivity contribution in [3.05, 3.63) is 34.1 Å². The molecule has 0 N–H and O–H groups in total. The van der Waals surface area contributed by atoms with Crippen molar-refractivity contribution in [3.63, 3.8) is 0 Å². The van der Waals surface area contributed by atoms with E-state index in [1.54, 1.807) is 0 Å². The molecule has 1 rings (SSSR count). The van der Waals surface area contributed by atoms with E-state index < -0.39 is 4.92 Å². The second-order valence-electron chi connectivity index (χ2n) is 4.14. The summed E-state index contributed by atoms with van der Waals surface area (Å²) in [7, 11) is 0. The Balaban J connectivity index is 3.10. The quantitative estimate of drug-likeness (QED) is 0.462. The van der Waals surface area contributed by atoms with E-state index in [0.29, 0.717) is 11.6 Å². The van der Waals surface area contributed by atoms with Gasteiger partial charge in [0, 0.05) is 29.6 Å². The second kappa shape index (κ2) is 5.25. The van der Waals surface area contributed by atoms with E-state index in [1.165, 1.54) is 18.3 Å². The third kappa shape index (κ3) is 2.92. The largest absolute Gasteiger partial charge is 0.272 e. The Morgan fingerprint density at radius 1 is 1.44 bits per heavy atom. The molecule has 0 saturated carbocycles. The standard InChI is InChI=1S/C11H15ClN2O2/c1-7(2)11(8(3)12)10-6-9(14(15)16)4-5-13-10/h4-8,11H,1-3H3. The number of nitrogens with zero attached hydrogens (tertiary/aromatic N) is 2. The Kier molecular flexibility index (Phi) is 4.24. The van der Waals surface area contributed by atoms with Crippen molar-refractivity contribution >= 4 is 17.3 Å². The van der Waals surface area contributed by atoms with Gasteiger partial charge in [-0.3, -0.25) is 15.1 Å². The van der Waals surface area contributed by atoms with Crippen LogP contribution in [0.25, 0.3) is 0 Å². The maximum atomic E-state index is 10.7. The molecule has 0 amide bonds. The lowest BCUT2D eigenvalue weighted by Gasteiger charge is -2.22. The van der Waals surface area contributed by atoms with Crippen molar-refractivity contribution < 1.29 is 4.92 Å². The van der Waals surface area contributed by atoms with Crippen LogP contribution < -0.4 is 0 Å². The summed E-state index contributed by atoms with van der Waals surface area (Å²) in [6.07, 6.45) is 1.46. The molecule has 0 aliphatic rings. The summed E-state index contributed by atoms with van der Waals surface area (Å²) < 4.78 is 0. The number of rotatable bonds is 4. The van der Waals surface area contributed by atoms with Crippen molar-refractivity contribution in [3.8, 4) is 0 Å². The molecular weight excluding hydrogens is 228 g/mol. The molecule has 0 aliphatic carbocycles. The van der Waals surface area contributed by atoms with Crippen LogP contribution in [0.15, 0.2) is 18.3 Å². The average Bonchev–Trinajstić information content (AvgIpc) is 2.16. The van der Waals surface area contributed by atoms with Crippen LogP contribution in [0.5, 0.6) is 0 Å². The van der Waals surface area contributed by atoms with Crippen LogP contribution in [-0.2, 0) is 0 Å². The predicted octanol–water partition coefficient (Wildman–Crippen LogP) is 3.36. The van der Waals surface area contributed by atoms with E-state index >= 15 is 0 Å². The zero-order valence-corrected chi connectivity index (χ0v) is 10.3. The molecule has 2 atom stereocenters. The molecule has 88 valence electrons. The van der Waals surface area contributed by atoms with Crippen molar-refractivity contribution in [1.29, 1.82) is 0 Å². The van der Waals surface area contributed by atoms with Gasteiger partial charge in [-0.15, -0.1) is 11.6 Å². The summed E-state index contributed by atoms with van der Waals surface area (Å²) in [6.45, 7) is 5.95. The number of hydrogen-bond donors (Lipinski definition) is 0. The Labute approximate surface area is 99.8 Å². The average molecular weight is 243 g/mol. The van der Waals surface area contributed by atoms with Gasteiger partial charge in [0.2, 0.25) is 0 Å². The molecule has 0 spiro atoms. The molecule has 1 aromatic heterocycles. The lowest BCUT2D eigenvalue weighted by molar-refractivity contribution is -0.385. The Morgan fingerprint density at radius 3 is 2.50 bits per heavy atom. The van der Waals surface area contributed by atoms with Crippen molar-refractivity contribution in [1.82, 2.24) is 4.98 Å². The van der Waals surface area contributed by atoms with E-state index in [0.717, 1.165) is 0 Å². The molecule has 1 aromatic rings. The van der Waals surface area contributed by atoms with E-state index in [9.17, 15) is 10.1 Å². The molecule has 4 nitrogen and oxygen atoms in total. The van der Waals surface area contributed by atoms with Crippen LogP contribution in [0.4, 0.5) is 5.69 Å². The third-order valence-electron chi connectivity index (χ3n) is 2.53. The first-order valence-electron chi connectivity index (χ1n) is 5.18. The number of nitro groups is 1. The topological polar surface area (TPSA) is 56.0 Å². The summed E-state index contributed by atoms with van der Waals surface area (Å²) in [5, 5.41) is 10.6. The highest BCUT2D eigenvalue weighted by molar-refractivity contribution is 6.20. The molecule has 0 aromatic carbocycles. The molecule has 2 unspecified atom stereocenters. The highest BCUT2D eigenvalue weighted by atomic mass is 35.5. The molecule has 0 radical (unpaired) electrons. The number of hydrogen-bond acceptors (Lipinski definition) is 3. The molecular formula is C11H15ClN2O2. The van der Waals surface area contributed by atoms with Gasteiger partial charge in [0.1, 0.15) is 0 Å². The number of alkyl halides is 1. The minimum Gasteiger partial charge on any atom is -0.260 e. The van der Waals surface area contributed by atoms with E-state index in [2.05, 4.69) is 4.98 Å².